The second-order valence-corrected chi connectivity index (χ2v) is 5.34. The molecule has 1 aliphatic heterocycles. The standard InChI is InChI=1S/C13H29N3O/c1-4-5-15-6-8-16(9-7-15)10-13(11-17)14-12(2)3/h12-14,17H,4-11H2,1-3H3. The zero-order chi connectivity index (χ0) is 12.7. The zero-order valence-electron chi connectivity index (χ0n) is 11.7. The first-order chi connectivity index (χ1) is 8.15. The third kappa shape index (κ3) is 5.82. The van der Waals surface area contributed by atoms with E-state index in [0.717, 1.165) is 19.6 Å². The van der Waals surface area contributed by atoms with E-state index in [4.69, 9.17) is 0 Å². The summed E-state index contributed by atoms with van der Waals surface area (Å²) in [7, 11) is 0. The van der Waals surface area contributed by atoms with Crippen LogP contribution in [0.15, 0.2) is 0 Å². The van der Waals surface area contributed by atoms with Crippen molar-refractivity contribution < 1.29 is 5.11 Å². The van der Waals surface area contributed by atoms with Crippen molar-refractivity contribution in [2.24, 2.45) is 0 Å². The number of aliphatic hydroxyl groups is 1. The molecule has 0 spiro atoms. The molecule has 1 fully saturated rings. The number of hydrogen-bond donors (Lipinski definition) is 2. The van der Waals surface area contributed by atoms with E-state index in [-0.39, 0.29) is 12.6 Å². The maximum absolute atomic E-state index is 9.34. The zero-order valence-corrected chi connectivity index (χ0v) is 11.7. The van der Waals surface area contributed by atoms with Crippen LogP contribution in [-0.4, -0.2) is 72.9 Å². The fourth-order valence-electron chi connectivity index (χ4n) is 2.46. The van der Waals surface area contributed by atoms with Gasteiger partial charge in [0, 0.05) is 44.8 Å². The van der Waals surface area contributed by atoms with Gasteiger partial charge >= 0.3 is 0 Å². The van der Waals surface area contributed by atoms with E-state index in [9.17, 15) is 5.11 Å². The molecular formula is C13H29N3O. The maximum Gasteiger partial charge on any atom is 0.0597 e. The van der Waals surface area contributed by atoms with Crippen molar-refractivity contribution >= 4 is 0 Å². The van der Waals surface area contributed by atoms with Gasteiger partial charge in [-0.3, -0.25) is 4.90 Å². The van der Waals surface area contributed by atoms with E-state index in [1.54, 1.807) is 0 Å². The second kappa shape index (κ2) is 8.03. The summed E-state index contributed by atoms with van der Waals surface area (Å²) in [5.41, 5.74) is 0. The molecular weight excluding hydrogens is 214 g/mol. The van der Waals surface area contributed by atoms with Crippen LogP contribution in [0.1, 0.15) is 27.2 Å². The molecule has 1 heterocycles. The van der Waals surface area contributed by atoms with E-state index >= 15 is 0 Å². The van der Waals surface area contributed by atoms with Gasteiger partial charge in [-0.15, -0.1) is 0 Å². The Morgan fingerprint density at radius 2 is 1.71 bits per heavy atom. The van der Waals surface area contributed by atoms with E-state index in [1.807, 2.05) is 0 Å². The molecule has 1 saturated heterocycles. The number of rotatable bonds is 7. The summed E-state index contributed by atoms with van der Waals surface area (Å²) in [6, 6.07) is 0.654. The van der Waals surface area contributed by atoms with Crippen LogP contribution in [0.2, 0.25) is 0 Å². The Morgan fingerprint density at radius 1 is 1.12 bits per heavy atom. The minimum Gasteiger partial charge on any atom is -0.395 e. The van der Waals surface area contributed by atoms with Crippen LogP contribution in [0.25, 0.3) is 0 Å². The van der Waals surface area contributed by atoms with Gasteiger partial charge in [-0.25, -0.2) is 0 Å². The van der Waals surface area contributed by atoms with Gasteiger partial charge in [-0.1, -0.05) is 20.8 Å². The smallest absolute Gasteiger partial charge is 0.0597 e. The van der Waals surface area contributed by atoms with Gasteiger partial charge in [-0.05, 0) is 13.0 Å². The molecule has 2 N–H and O–H groups in total. The molecule has 0 radical (unpaired) electrons. The molecule has 1 atom stereocenters. The molecule has 0 aromatic rings. The number of hydrogen-bond acceptors (Lipinski definition) is 4. The van der Waals surface area contributed by atoms with Gasteiger partial charge in [-0.2, -0.15) is 0 Å². The van der Waals surface area contributed by atoms with E-state index in [2.05, 4.69) is 35.9 Å². The normalized spacial score (nSPS) is 21.0. The quantitative estimate of drug-likeness (QED) is 0.678. The molecule has 1 rings (SSSR count). The third-order valence-corrected chi connectivity index (χ3v) is 3.27. The molecule has 4 nitrogen and oxygen atoms in total. The Hall–Kier alpha value is -0.160. The topological polar surface area (TPSA) is 38.7 Å². The summed E-state index contributed by atoms with van der Waals surface area (Å²) >= 11 is 0. The van der Waals surface area contributed by atoms with Crippen molar-refractivity contribution in [3.63, 3.8) is 0 Å². The molecule has 0 aromatic heterocycles. The first-order valence-electron chi connectivity index (χ1n) is 6.97. The molecule has 1 aliphatic rings. The van der Waals surface area contributed by atoms with Gasteiger partial charge in [0.1, 0.15) is 0 Å². The van der Waals surface area contributed by atoms with Crippen molar-refractivity contribution in [1.82, 2.24) is 15.1 Å². The highest BCUT2D eigenvalue weighted by molar-refractivity contribution is 4.77. The van der Waals surface area contributed by atoms with Crippen molar-refractivity contribution in [2.45, 2.75) is 39.3 Å². The minimum atomic E-state index is 0.215. The number of nitrogens with zero attached hydrogens (tertiary/aromatic N) is 2. The lowest BCUT2D eigenvalue weighted by Gasteiger charge is -2.36. The lowest BCUT2D eigenvalue weighted by molar-refractivity contribution is 0.108. The summed E-state index contributed by atoms with van der Waals surface area (Å²) in [4.78, 5) is 4.99. The lowest BCUT2D eigenvalue weighted by Crippen LogP contribution is -2.52. The summed E-state index contributed by atoms with van der Waals surface area (Å²) in [5.74, 6) is 0. The van der Waals surface area contributed by atoms with Crippen LogP contribution in [0, 0.1) is 0 Å². The number of piperazine rings is 1. The molecule has 17 heavy (non-hydrogen) atoms. The highest BCUT2D eigenvalue weighted by atomic mass is 16.3. The first-order valence-corrected chi connectivity index (χ1v) is 6.97. The van der Waals surface area contributed by atoms with Crippen molar-refractivity contribution in [1.29, 1.82) is 0 Å². The predicted octanol–water partition coefficient (Wildman–Crippen LogP) is 0.373. The fourth-order valence-corrected chi connectivity index (χ4v) is 2.46. The van der Waals surface area contributed by atoms with Gasteiger partial charge < -0.3 is 15.3 Å². The van der Waals surface area contributed by atoms with Crippen LogP contribution in [0.3, 0.4) is 0 Å². The Balaban J connectivity index is 2.23. The summed E-state index contributed by atoms with van der Waals surface area (Å²) in [6.07, 6.45) is 1.24. The van der Waals surface area contributed by atoms with Gasteiger partial charge in [0.2, 0.25) is 0 Å². The predicted molar refractivity (Wildman–Crippen MR) is 72.3 cm³/mol. The Bertz CT molecular complexity index is 191. The van der Waals surface area contributed by atoms with Crippen LogP contribution in [0.4, 0.5) is 0 Å². The average Bonchev–Trinajstić information content (AvgIpc) is 2.30. The highest BCUT2D eigenvalue weighted by Crippen LogP contribution is 2.03. The Labute approximate surface area is 106 Å². The molecule has 0 saturated carbocycles. The maximum atomic E-state index is 9.34. The van der Waals surface area contributed by atoms with Crippen molar-refractivity contribution in [2.75, 3.05) is 45.9 Å². The van der Waals surface area contributed by atoms with Crippen molar-refractivity contribution in [3.05, 3.63) is 0 Å². The molecule has 4 heteroatoms. The van der Waals surface area contributed by atoms with E-state index < -0.39 is 0 Å². The molecule has 0 aliphatic carbocycles. The van der Waals surface area contributed by atoms with E-state index in [1.165, 1.54) is 26.1 Å². The largest absolute Gasteiger partial charge is 0.395 e. The molecule has 102 valence electrons. The van der Waals surface area contributed by atoms with Gasteiger partial charge in [0.15, 0.2) is 0 Å². The van der Waals surface area contributed by atoms with Gasteiger partial charge in [0.05, 0.1) is 6.61 Å². The summed E-state index contributed by atoms with van der Waals surface area (Å²) in [5, 5.41) is 12.8. The van der Waals surface area contributed by atoms with E-state index in [0.29, 0.717) is 6.04 Å². The molecule has 1 unspecified atom stereocenters. The lowest BCUT2D eigenvalue weighted by atomic mass is 10.2. The highest BCUT2D eigenvalue weighted by Gasteiger charge is 2.19. The number of nitrogens with one attached hydrogen (secondary N) is 1. The Morgan fingerprint density at radius 3 is 2.18 bits per heavy atom. The summed E-state index contributed by atoms with van der Waals surface area (Å²) < 4.78 is 0. The molecule has 0 amide bonds. The average molecular weight is 243 g/mol. The van der Waals surface area contributed by atoms with Crippen LogP contribution in [-0.2, 0) is 0 Å². The molecule has 0 bridgehead atoms. The second-order valence-electron chi connectivity index (χ2n) is 5.34. The third-order valence-electron chi connectivity index (χ3n) is 3.27. The van der Waals surface area contributed by atoms with Gasteiger partial charge in [0.25, 0.3) is 0 Å². The van der Waals surface area contributed by atoms with Crippen LogP contribution < -0.4 is 5.32 Å². The molecule has 0 aromatic carbocycles. The van der Waals surface area contributed by atoms with Crippen molar-refractivity contribution in [3.8, 4) is 0 Å². The fraction of sp³-hybridized carbons (Fsp3) is 1.00. The van der Waals surface area contributed by atoms with Crippen LogP contribution >= 0.6 is 0 Å². The Kier molecular flexibility index (Phi) is 7.04. The monoisotopic (exact) mass is 243 g/mol. The minimum absolute atomic E-state index is 0.215. The van der Waals surface area contributed by atoms with Crippen LogP contribution in [0.5, 0.6) is 0 Å². The number of aliphatic hydroxyl groups excluding tert-OH is 1. The first kappa shape index (κ1) is 14.9. The summed E-state index contributed by atoms with van der Waals surface area (Å²) in [6.45, 7) is 13.5. The SMILES string of the molecule is CCCN1CCN(CC(CO)NC(C)C)CC1.